The van der Waals surface area contributed by atoms with Gasteiger partial charge in [-0.1, -0.05) is 60.1 Å². The number of ether oxygens (including phenoxy) is 1. The van der Waals surface area contributed by atoms with Crippen molar-refractivity contribution in [2.45, 2.75) is 18.8 Å². The molecule has 0 bridgehead atoms. The fourth-order valence-corrected chi connectivity index (χ4v) is 4.22. The molecule has 0 heterocycles. The van der Waals surface area contributed by atoms with E-state index in [1.807, 2.05) is 24.3 Å². The quantitative estimate of drug-likeness (QED) is 0.381. The van der Waals surface area contributed by atoms with Crippen LogP contribution in [0.15, 0.2) is 66.7 Å². The van der Waals surface area contributed by atoms with Gasteiger partial charge >= 0.3 is 12.1 Å². The summed E-state index contributed by atoms with van der Waals surface area (Å²) in [5.41, 5.74) is 4.85. The van der Waals surface area contributed by atoms with Crippen LogP contribution in [-0.4, -0.2) is 36.2 Å². The Morgan fingerprint density at radius 2 is 1.59 bits per heavy atom. The van der Waals surface area contributed by atoms with Gasteiger partial charge in [0.05, 0.1) is 16.3 Å². The molecule has 3 aromatic carbocycles. The van der Waals surface area contributed by atoms with Gasteiger partial charge in [0.15, 0.2) is 0 Å². The number of carbonyl (C=O) groups excluding carboxylic acids is 2. The normalized spacial score (nSPS) is 11.9. The molecule has 7 nitrogen and oxygen atoms in total. The van der Waals surface area contributed by atoms with Crippen LogP contribution >= 0.6 is 11.6 Å². The van der Waals surface area contributed by atoms with Gasteiger partial charge in [0.1, 0.15) is 6.61 Å². The van der Waals surface area contributed by atoms with Crippen LogP contribution in [0, 0.1) is 0 Å². The summed E-state index contributed by atoms with van der Waals surface area (Å²) in [6.07, 6.45) is -0.0386. The molecule has 2 amide bonds. The second kappa shape index (κ2) is 10.4. The first-order valence-electron chi connectivity index (χ1n) is 10.9. The number of hydrogen-bond donors (Lipinski definition) is 3. The number of benzene rings is 3. The Morgan fingerprint density at radius 1 is 0.941 bits per heavy atom. The van der Waals surface area contributed by atoms with E-state index in [1.165, 1.54) is 18.2 Å². The third-order valence-corrected chi connectivity index (χ3v) is 6.01. The largest absolute Gasteiger partial charge is 0.478 e. The van der Waals surface area contributed by atoms with Gasteiger partial charge in [0.2, 0.25) is 5.91 Å². The van der Waals surface area contributed by atoms with E-state index in [-0.39, 0.29) is 47.7 Å². The van der Waals surface area contributed by atoms with Crippen molar-refractivity contribution in [3.8, 4) is 11.1 Å². The number of carbonyl (C=O) groups is 3. The molecule has 0 radical (unpaired) electrons. The summed E-state index contributed by atoms with van der Waals surface area (Å²) in [6.45, 7) is 0.478. The molecular formula is C26H23ClN2O5. The molecule has 34 heavy (non-hydrogen) atoms. The van der Waals surface area contributed by atoms with Crippen molar-refractivity contribution in [3.63, 3.8) is 0 Å². The average Bonchev–Trinajstić information content (AvgIpc) is 3.15. The molecular weight excluding hydrogens is 456 g/mol. The van der Waals surface area contributed by atoms with Gasteiger partial charge in [-0.05, 0) is 46.9 Å². The first kappa shape index (κ1) is 23.3. The predicted molar refractivity (Wildman–Crippen MR) is 129 cm³/mol. The number of carboxylic acid groups (broad SMARTS) is 1. The Balaban J connectivity index is 1.22. The highest BCUT2D eigenvalue weighted by Gasteiger charge is 2.28. The minimum Gasteiger partial charge on any atom is -0.478 e. The van der Waals surface area contributed by atoms with Crippen LogP contribution in [0.3, 0.4) is 0 Å². The number of alkyl carbamates (subject to hydrolysis) is 1. The molecule has 0 saturated heterocycles. The number of halogens is 1. The number of nitrogens with one attached hydrogen (secondary N) is 2. The molecule has 3 aromatic rings. The molecule has 0 aromatic heterocycles. The van der Waals surface area contributed by atoms with Gasteiger partial charge in [-0.2, -0.15) is 0 Å². The zero-order valence-corrected chi connectivity index (χ0v) is 19.0. The maximum atomic E-state index is 12.2. The van der Waals surface area contributed by atoms with Crippen molar-refractivity contribution in [2.75, 3.05) is 18.5 Å². The summed E-state index contributed by atoms with van der Waals surface area (Å²) in [5, 5.41) is 14.6. The molecule has 174 valence electrons. The minimum atomic E-state index is -1.11. The Kier molecular flexibility index (Phi) is 7.13. The topological polar surface area (TPSA) is 105 Å². The molecule has 1 aliphatic rings. The number of aromatic carboxylic acids is 1. The van der Waals surface area contributed by atoms with Gasteiger partial charge < -0.3 is 20.5 Å². The summed E-state index contributed by atoms with van der Waals surface area (Å²) in [4.78, 5) is 35.4. The third-order valence-electron chi connectivity index (χ3n) is 5.68. The number of rotatable bonds is 8. The highest BCUT2D eigenvalue weighted by atomic mass is 35.5. The molecule has 0 fully saturated rings. The minimum absolute atomic E-state index is 0.0183. The Hall–Kier alpha value is -3.84. The van der Waals surface area contributed by atoms with Gasteiger partial charge in [0, 0.05) is 18.9 Å². The van der Waals surface area contributed by atoms with Crippen LogP contribution in [0.2, 0.25) is 5.02 Å². The van der Waals surface area contributed by atoms with E-state index in [9.17, 15) is 14.4 Å². The van der Waals surface area contributed by atoms with E-state index < -0.39 is 12.1 Å². The molecule has 8 heteroatoms. The fraction of sp³-hybridized carbons (Fsp3) is 0.192. The summed E-state index contributed by atoms with van der Waals surface area (Å²) in [6, 6.07) is 20.3. The molecule has 1 aliphatic carbocycles. The second-order valence-corrected chi connectivity index (χ2v) is 8.31. The first-order valence-corrected chi connectivity index (χ1v) is 11.2. The molecule has 3 N–H and O–H groups in total. The Morgan fingerprint density at radius 3 is 2.24 bits per heavy atom. The zero-order valence-electron chi connectivity index (χ0n) is 18.2. The maximum Gasteiger partial charge on any atom is 0.407 e. The van der Waals surface area contributed by atoms with Crippen molar-refractivity contribution in [3.05, 3.63) is 88.4 Å². The van der Waals surface area contributed by atoms with Crippen LogP contribution in [0.1, 0.15) is 40.2 Å². The summed E-state index contributed by atoms with van der Waals surface area (Å²) in [5.74, 6) is -1.46. The van der Waals surface area contributed by atoms with Crippen LogP contribution < -0.4 is 10.6 Å². The van der Waals surface area contributed by atoms with Gasteiger partial charge in [-0.3, -0.25) is 4.79 Å². The highest BCUT2D eigenvalue weighted by molar-refractivity contribution is 6.33. The molecule has 4 rings (SSSR count). The van der Waals surface area contributed by atoms with E-state index in [2.05, 4.69) is 34.9 Å². The lowest BCUT2D eigenvalue weighted by Crippen LogP contribution is -2.27. The number of fused-ring (bicyclic) bond motifs is 3. The fourth-order valence-electron chi connectivity index (χ4n) is 4.06. The van der Waals surface area contributed by atoms with Crippen molar-refractivity contribution in [1.29, 1.82) is 0 Å². The predicted octanol–water partition coefficient (Wildman–Crippen LogP) is 5.30. The van der Waals surface area contributed by atoms with Gasteiger partial charge in [-0.25, -0.2) is 9.59 Å². The lowest BCUT2D eigenvalue weighted by atomic mass is 9.98. The van der Waals surface area contributed by atoms with Crippen LogP contribution in [-0.2, 0) is 9.53 Å². The average molecular weight is 479 g/mol. The zero-order chi connectivity index (χ0) is 24.1. The number of amides is 2. The molecule has 0 saturated carbocycles. The van der Waals surface area contributed by atoms with Crippen molar-refractivity contribution in [2.24, 2.45) is 0 Å². The standard InChI is InChI=1S/C26H23ClN2O5/c27-22-12-11-16(25(31)32)14-23(22)29-24(30)10-5-13-28-26(33)34-15-21-19-8-3-1-6-17(19)18-7-2-4-9-20(18)21/h1-4,6-9,11-12,14,21H,5,10,13,15H2,(H,28,33)(H,29,30)(H,31,32). The first-order chi connectivity index (χ1) is 16.4. The number of hydrogen-bond acceptors (Lipinski definition) is 4. The van der Waals surface area contributed by atoms with Crippen molar-refractivity contribution < 1.29 is 24.2 Å². The maximum absolute atomic E-state index is 12.2. The van der Waals surface area contributed by atoms with E-state index in [0.29, 0.717) is 6.42 Å². The van der Waals surface area contributed by atoms with Crippen LogP contribution in [0.5, 0.6) is 0 Å². The van der Waals surface area contributed by atoms with Crippen LogP contribution in [0.4, 0.5) is 10.5 Å². The second-order valence-electron chi connectivity index (χ2n) is 7.90. The van der Waals surface area contributed by atoms with Gasteiger partial charge in [-0.15, -0.1) is 0 Å². The van der Waals surface area contributed by atoms with Crippen molar-refractivity contribution >= 4 is 35.3 Å². The molecule has 0 aliphatic heterocycles. The summed E-state index contributed by atoms with van der Waals surface area (Å²) in [7, 11) is 0. The molecule has 0 unspecified atom stereocenters. The molecule has 0 atom stereocenters. The smallest absolute Gasteiger partial charge is 0.407 e. The highest BCUT2D eigenvalue weighted by Crippen LogP contribution is 2.44. The van der Waals surface area contributed by atoms with E-state index >= 15 is 0 Å². The van der Waals surface area contributed by atoms with E-state index in [4.69, 9.17) is 21.4 Å². The Bertz CT molecular complexity index is 1200. The lowest BCUT2D eigenvalue weighted by molar-refractivity contribution is -0.116. The molecule has 0 spiro atoms. The Labute approximate surface area is 201 Å². The summed E-state index contributed by atoms with van der Waals surface area (Å²) >= 11 is 6.02. The van der Waals surface area contributed by atoms with Gasteiger partial charge in [0.25, 0.3) is 0 Å². The summed E-state index contributed by atoms with van der Waals surface area (Å²) < 4.78 is 5.47. The number of anilines is 1. The van der Waals surface area contributed by atoms with E-state index in [0.717, 1.165) is 22.3 Å². The number of carboxylic acids is 1. The lowest BCUT2D eigenvalue weighted by Gasteiger charge is -2.14. The van der Waals surface area contributed by atoms with E-state index in [1.54, 1.807) is 0 Å². The third kappa shape index (κ3) is 5.21. The SMILES string of the molecule is O=C(CCCNC(=O)OCC1c2ccccc2-c2ccccc21)Nc1cc(C(=O)O)ccc1Cl. The van der Waals surface area contributed by atoms with Crippen LogP contribution in [0.25, 0.3) is 11.1 Å². The van der Waals surface area contributed by atoms with Crippen molar-refractivity contribution in [1.82, 2.24) is 5.32 Å². The monoisotopic (exact) mass is 478 g/mol.